The number of nitrogen functional groups attached to an aromatic ring is 1. The second-order valence-corrected chi connectivity index (χ2v) is 2.57. The van der Waals surface area contributed by atoms with Crippen molar-refractivity contribution >= 4 is 5.82 Å². The van der Waals surface area contributed by atoms with Crippen LogP contribution >= 0.6 is 0 Å². The van der Waals surface area contributed by atoms with Crippen molar-refractivity contribution in [2.24, 2.45) is 0 Å². The van der Waals surface area contributed by atoms with Crippen molar-refractivity contribution in [1.82, 2.24) is 14.8 Å². The minimum Gasteiger partial charge on any atom is -0.384 e. The zero-order chi connectivity index (χ0) is 9.26. The molecule has 0 aliphatic carbocycles. The molecule has 0 saturated heterocycles. The van der Waals surface area contributed by atoms with E-state index in [0.29, 0.717) is 11.6 Å². The third-order valence-electron chi connectivity index (χ3n) is 1.62. The van der Waals surface area contributed by atoms with Crippen molar-refractivity contribution in [2.75, 3.05) is 5.73 Å². The van der Waals surface area contributed by atoms with Crippen LogP contribution in [0.15, 0.2) is 35.3 Å². The van der Waals surface area contributed by atoms with Crippen LogP contribution in [0.3, 0.4) is 0 Å². The average Bonchev–Trinajstić information content (AvgIpc) is 2.47. The summed E-state index contributed by atoms with van der Waals surface area (Å²) in [5, 5.41) is 2.68. The molecule has 2 aromatic rings. The number of anilines is 1. The van der Waals surface area contributed by atoms with Gasteiger partial charge in [0.15, 0.2) is 5.82 Å². The van der Waals surface area contributed by atoms with Gasteiger partial charge in [0.25, 0.3) is 5.56 Å². The van der Waals surface area contributed by atoms with E-state index in [-0.39, 0.29) is 5.56 Å². The van der Waals surface area contributed by atoms with Gasteiger partial charge >= 0.3 is 0 Å². The molecule has 5 nitrogen and oxygen atoms in total. The first kappa shape index (κ1) is 7.60. The zero-order valence-electron chi connectivity index (χ0n) is 6.77. The number of aromatic amines is 1. The molecule has 2 heterocycles. The van der Waals surface area contributed by atoms with Crippen LogP contribution in [-0.2, 0) is 0 Å². The molecule has 13 heavy (non-hydrogen) atoms. The number of nitrogens with two attached hydrogens (primary N) is 1. The molecular weight excluding hydrogens is 168 g/mol. The molecule has 0 spiro atoms. The number of rotatable bonds is 1. The van der Waals surface area contributed by atoms with Crippen LogP contribution in [0.5, 0.6) is 0 Å². The van der Waals surface area contributed by atoms with E-state index in [0.717, 1.165) is 0 Å². The van der Waals surface area contributed by atoms with E-state index in [2.05, 4.69) is 10.1 Å². The van der Waals surface area contributed by atoms with E-state index in [4.69, 9.17) is 5.73 Å². The number of H-pyrrole nitrogens is 1. The highest BCUT2D eigenvalue weighted by Gasteiger charge is 2.01. The summed E-state index contributed by atoms with van der Waals surface area (Å²) in [5.41, 5.74) is 5.20. The Hall–Kier alpha value is -2.04. The quantitative estimate of drug-likeness (QED) is 0.649. The Morgan fingerprint density at radius 3 is 2.85 bits per heavy atom. The van der Waals surface area contributed by atoms with Gasteiger partial charge in [-0.3, -0.25) is 9.89 Å². The van der Waals surface area contributed by atoms with Crippen LogP contribution in [0.25, 0.3) is 5.82 Å². The number of pyridine rings is 1. The van der Waals surface area contributed by atoms with Gasteiger partial charge in [0.05, 0.1) is 0 Å². The van der Waals surface area contributed by atoms with Gasteiger partial charge in [-0.1, -0.05) is 6.07 Å². The fraction of sp³-hybridized carbons (Fsp3) is 0. The minimum absolute atomic E-state index is 0.212. The van der Waals surface area contributed by atoms with Gasteiger partial charge in [-0.25, -0.2) is 4.98 Å². The Morgan fingerprint density at radius 2 is 2.31 bits per heavy atom. The number of hydrogen-bond acceptors (Lipinski definition) is 3. The normalized spacial score (nSPS) is 10.2. The summed E-state index contributed by atoms with van der Waals surface area (Å²) >= 11 is 0. The molecule has 0 fully saturated rings. The SMILES string of the molecule is Nc1cc(=O)n(-c2ccccn2)[nH]1. The monoisotopic (exact) mass is 176 g/mol. The molecule has 2 rings (SSSR count). The Morgan fingerprint density at radius 1 is 1.46 bits per heavy atom. The molecule has 0 saturated carbocycles. The van der Waals surface area contributed by atoms with E-state index in [9.17, 15) is 4.79 Å². The number of hydrogen-bond donors (Lipinski definition) is 2. The first-order chi connectivity index (χ1) is 6.27. The fourth-order valence-corrected chi connectivity index (χ4v) is 1.07. The number of nitrogens with one attached hydrogen (secondary N) is 1. The maximum absolute atomic E-state index is 11.3. The first-order valence-corrected chi connectivity index (χ1v) is 3.76. The lowest BCUT2D eigenvalue weighted by Crippen LogP contribution is -2.14. The standard InChI is InChI=1S/C8H8N4O/c9-6-5-8(13)12(11-6)7-3-1-2-4-10-7/h1-5,11H,9H2. The fourth-order valence-electron chi connectivity index (χ4n) is 1.07. The van der Waals surface area contributed by atoms with Gasteiger partial charge in [0.1, 0.15) is 5.82 Å². The third kappa shape index (κ3) is 1.31. The molecular formula is C8H8N4O. The molecule has 3 N–H and O–H groups in total. The summed E-state index contributed by atoms with van der Waals surface area (Å²) < 4.78 is 1.29. The largest absolute Gasteiger partial charge is 0.384 e. The summed E-state index contributed by atoms with van der Waals surface area (Å²) in [6.45, 7) is 0. The lowest BCUT2D eigenvalue weighted by molar-refractivity contribution is 0.823. The van der Waals surface area contributed by atoms with E-state index in [1.165, 1.54) is 10.7 Å². The Labute approximate surface area is 73.8 Å². The number of nitrogens with zero attached hydrogens (tertiary/aromatic N) is 2. The molecule has 0 aliphatic rings. The summed E-state index contributed by atoms with van der Waals surface area (Å²) in [4.78, 5) is 15.3. The van der Waals surface area contributed by atoms with Crippen LogP contribution in [-0.4, -0.2) is 14.8 Å². The van der Waals surface area contributed by atoms with E-state index < -0.39 is 0 Å². The van der Waals surface area contributed by atoms with Gasteiger partial charge in [-0.2, -0.15) is 4.68 Å². The van der Waals surface area contributed by atoms with Crippen molar-refractivity contribution in [3.63, 3.8) is 0 Å². The lowest BCUT2D eigenvalue weighted by Gasteiger charge is -1.97. The zero-order valence-corrected chi connectivity index (χ0v) is 6.77. The predicted octanol–water partition coefficient (Wildman–Crippen LogP) is 0.143. The predicted molar refractivity (Wildman–Crippen MR) is 48.6 cm³/mol. The second-order valence-electron chi connectivity index (χ2n) is 2.57. The van der Waals surface area contributed by atoms with Crippen LogP contribution in [0.4, 0.5) is 5.82 Å². The molecule has 0 atom stereocenters. The highest BCUT2D eigenvalue weighted by atomic mass is 16.1. The molecule has 0 amide bonds. The van der Waals surface area contributed by atoms with Gasteiger partial charge in [-0.05, 0) is 12.1 Å². The molecule has 0 unspecified atom stereocenters. The van der Waals surface area contributed by atoms with Crippen molar-refractivity contribution in [1.29, 1.82) is 0 Å². The van der Waals surface area contributed by atoms with E-state index >= 15 is 0 Å². The summed E-state index contributed by atoms with van der Waals surface area (Å²) in [6.07, 6.45) is 1.61. The Balaban J connectivity index is 2.59. The second kappa shape index (κ2) is 2.78. The summed E-state index contributed by atoms with van der Waals surface area (Å²) in [7, 11) is 0. The lowest BCUT2D eigenvalue weighted by atomic mass is 10.5. The minimum atomic E-state index is -0.212. The highest BCUT2D eigenvalue weighted by molar-refractivity contribution is 5.29. The van der Waals surface area contributed by atoms with E-state index in [1.807, 2.05) is 0 Å². The molecule has 0 aliphatic heterocycles. The van der Waals surface area contributed by atoms with Crippen LogP contribution in [0.1, 0.15) is 0 Å². The molecule has 2 aromatic heterocycles. The van der Waals surface area contributed by atoms with E-state index in [1.54, 1.807) is 24.4 Å². The van der Waals surface area contributed by atoms with Crippen molar-refractivity contribution in [3.05, 3.63) is 40.8 Å². The molecule has 0 aromatic carbocycles. The Bertz CT molecular complexity index is 456. The Kier molecular flexibility index (Phi) is 1.63. The topological polar surface area (TPSA) is 76.7 Å². The van der Waals surface area contributed by atoms with Crippen molar-refractivity contribution in [2.45, 2.75) is 0 Å². The first-order valence-electron chi connectivity index (χ1n) is 3.76. The van der Waals surface area contributed by atoms with Crippen LogP contribution < -0.4 is 11.3 Å². The summed E-state index contributed by atoms with van der Waals surface area (Å²) in [6, 6.07) is 6.61. The summed E-state index contributed by atoms with van der Waals surface area (Å²) in [5.74, 6) is 0.861. The molecule has 5 heteroatoms. The van der Waals surface area contributed by atoms with Crippen molar-refractivity contribution < 1.29 is 0 Å². The van der Waals surface area contributed by atoms with Gasteiger partial charge in [-0.15, -0.1) is 0 Å². The third-order valence-corrected chi connectivity index (χ3v) is 1.62. The maximum Gasteiger partial charge on any atom is 0.274 e. The maximum atomic E-state index is 11.3. The van der Waals surface area contributed by atoms with Crippen molar-refractivity contribution in [3.8, 4) is 5.82 Å². The molecule has 0 radical (unpaired) electrons. The van der Waals surface area contributed by atoms with Gasteiger partial charge in [0, 0.05) is 12.3 Å². The van der Waals surface area contributed by atoms with Crippen LogP contribution in [0.2, 0.25) is 0 Å². The highest BCUT2D eigenvalue weighted by Crippen LogP contribution is 1.99. The molecule has 0 bridgehead atoms. The number of aromatic nitrogens is 3. The van der Waals surface area contributed by atoms with Crippen LogP contribution in [0, 0.1) is 0 Å². The average molecular weight is 176 g/mol. The van der Waals surface area contributed by atoms with Gasteiger partial charge in [0.2, 0.25) is 0 Å². The van der Waals surface area contributed by atoms with Gasteiger partial charge < -0.3 is 5.73 Å². The smallest absolute Gasteiger partial charge is 0.274 e. The molecule has 66 valence electrons.